The maximum absolute atomic E-state index is 12.5. The van der Waals surface area contributed by atoms with Gasteiger partial charge in [0.2, 0.25) is 5.91 Å². The number of carbonyl (C=O) groups is 1. The van der Waals surface area contributed by atoms with Gasteiger partial charge in [-0.2, -0.15) is 5.10 Å². The average molecular weight is 339 g/mol. The van der Waals surface area contributed by atoms with Crippen LogP contribution in [0.25, 0.3) is 0 Å². The number of hydrogen-bond acceptors (Lipinski definition) is 3. The first-order valence-electron chi connectivity index (χ1n) is 7.22. The van der Waals surface area contributed by atoms with Crippen molar-refractivity contribution >= 4 is 29.1 Å². The lowest BCUT2D eigenvalue weighted by Crippen LogP contribution is -2.31. The van der Waals surface area contributed by atoms with Gasteiger partial charge in [0.05, 0.1) is 22.6 Å². The summed E-state index contributed by atoms with van der Waals surface area (Å²) in [5, 5.41) is 5.08. The Bertz CT molecular complexity index is 660. The summed E-state index contributed by atoms with van der Waals surface area (Å²) < 4.78 is 1.67. The second kappa shape index (κ2) is 6.67. The number of likely N-dealkylation sites (tertiary alicyclic amines) is 1. The maximum atomic E-state index is 12.5. The minimum absolute atomic E-state index is 0.0815. The zero-order valence-electron chi connectivity index (χ0n) is 12.0. The molecule has 0 saturated carbocycles. The average Bonchev–Trinajstić information content (AvgIpc) is 3.18. The molecule has 1 fully saturated rings. The molecule has 1 aliphatic heterocycles. The quantitative estimate of drug-likeness (QED) is 0.858. The molecule has 0 radical (unpaired) electrons. The van der Waals surface area contributed by atoms with Gasteiger partial charge in [-0.05, 0) is 30.5 Å². The number of amides is 1. The van der Waals surface area contributed by atoms with Gasteiger partial charge in [-0.1, -0.05) is 29.3 Å². The Morgan fingerprint density at radius 1 is 1.32 bits per heavy atom. The van der Waals surface area contributed by atoms with Crippen LogP contribution in [-0.2, 0) is 11.3 Å². The summed E-state index contributed by atoms with van der Waals surface area (Å²) in [6, 6.07) is 5.67. The van der Waals surface area contributed by atoms with Crippen molar-refractivity contribution in [3.05, 3.63) is 46.5 Å². The van der Waals surface area contributed by atoms with Crippen LogP contribution in [0.15, 0.2) is 30.9 Å². The summed E-state index contributed by atoms with van der Waals surface area (Å²) in [6.45, 7) is 1.32. The standard InChI is InChI=1S/C15H16Cl2N4O/c16-12-4-3-11(8-13(12)17)14-2-1-6-21(14)15(22)5-7-20-10-18-9-19-20/h3-4,8-10,14H,1-2,5-7H2/t14-/m1/s1. The van der Waals surface area contributed by atoms with Gasteiger partial charge >= 0.3 is 0 Å². The Hall–Kier alpha value is -1.59. The second-order valence-electron chi connectivity index (χ2n) is 5.33. The van der Waals surface area contributed by atoms with Crippen molar-refractivity contribution in [2.75, 3.05) is 6.54 Å². The molecule has 0 aliphatic carbocycles. The highest BCUT2D eigenvalue weighted by atomic mass is 35.5. The predicted molar refractivity (Wildman–Crippen MR) is 84.8 cm³/mol. The highest BCUT2D eigenvalue weighted by molar-refractivity contribution is 6.42. The zero-order valence-corrected chi connectivity index (χ0v) is 13.5. The van der Waals surface area contributed by atoms with Gasteiger partial charge < -0.3 is 4.90 Å². The Balaban J connectivity index is 1.69. The van der Waals surface area contributed by atoms with Crippen LogP contribution in [0.4, 0.5) is 0 Å². The molecule has 1 aromatic carbocycles. The van der Waals surface area contributed by atoms with Crippen LogP contribution in [0, 0.1) is 0 Å². The monoisotopic (exact) mass is 338 g/mol. The van der Waals surface area contributed by atoms with Gasteiger partial charge in [0, 0.05) is 13.0 Å². The Labute approximate surface area is 138 Å². The first-order valence-corrected chi connectivity index (χ1v) is 7.97. The molecule has 1 saturated heterocycles. The van der Waals surface area contributed by atoms with Crippen molar-refractivity contribution in [2.24, 2.45) is 0 Å². The minimum atomic E-state index is 0.0815. The van der Waals surface area contributed by atoms with Gasteiger partial charge in [0.1, 0.15) is 12.7 Å². The molecule has 0 spiro atoms. The van der Waals surface area contributed by atoms with Gasteiger partial charge in [0.25, 0.3) is 0 Å². The van der Waals surface area contributed by atoms with Crippen LogP contribution >= 0.6 is 23.2 Å². The molecule has 5 nitrogen and oxygen atoms in total. The van der Waals surface area contributed by atoms with Crippen LogP contribution in [0.2, 0.25) is 10.0 Å². The van der Waals surface area contributed by atoms with E-state index in [2.05, 4.69) is 10.1 Å². The molecule has 3 rings (SSSR count). The number of aromatic nitrogens is 3. The number of carbonyl (C=O) groups excluding carboxylic acids is 1. The molecule has 0 N–H and O–H groups in total. The normalized spacial score (nSPS) is 17.9. The van der Waals surface area contributed by atoms with E-state index >= 15 is 0 Å². The van der Waals surface area contributed by atoms with E-state index in [1.807, 2.05) is 17.0 Å². The molecule has 22 heavy (non-hydrogen) atoms. The molecule has 1 atom stereocenters. The van der Waals surface area contributed by atoms with E-state index in [0.717, 1.165) is 24.9 Å². The molecule has 1 amide bonds. The van der Waals surface area contributed by atoms with Crippen LogP contribution in [0.1, 0.15) is 30.9 Å². The lowest BCUT2D eigenvalue weighted by molar-refractivity contribution is -0.132. The fraction of sp³-hybridized carbons (Fsp3) is 0.400. The summed E-state index contributed by atoms with van der Waals surface area (Å²) in [6.07, 6.45) is 5.46. The van der Waals surface area contributed by atoms with Crippen molar-refractivity contribution in [3.63, 3.8) is 0 Å². The van der Waals surface area contributed by atoms with Gasteiger partial charge in [-0.15, -0.1) is 0 Å². The van der Waals surface area contributed by atoms with Crippen molar-refractivity contribution in [2.45, 2.75) is 31.8 Å². The lowest BCUT2D eigenvalue weighted by atomic mass is 10.0. The predicted octanol–water partition coefficient (Wildman–Crippen LogP) is 3.34. The second-order valence-corrected chi connectivity index (χ2v) is 6.14. The number of nitrogens with zero attached hydrogens (tertiary/aromatic N) is 4. The highest BCUT2D eigenvalue weighted by Crippen LogP contribution is 2.35. The molecule has 7 heteroatoms. The minimum Gasteiger partial charge on any atom is -0.336 e. The molecular formula is C15H16Cl2N4O. The molecule has 0 unspecified atom stereocenters. The van der Waals surface area contributed by atoms with E-state index in [1.54, 1.807) is 17.1 Å². The van der Waals surface area contributed by atoms with Crippen molar-refractivity contribution in [1.29, 1.82) is 0 Å². The number of benzene rings is 1. The SMILES string of the molecule is O=C(CCn1cncn1)N1CCC[C@@H]1c1ccc(Cl)c(Cl)c1. The van der Waals surface area contributed by atoms with Crippen molar-refractivity contribution in [3.8, 4) is 0 Å². The summed E-state index contributed by atoms with van der Waals surface area (Å²) in [5.41, 5.74) is 1.04. The summed E-state index contributed by atoms with van der Waals surface area (Å²) in [7, 11) is 0. The number of rotatable bonds is 4. The number of hydrogen-bond donors (Lipinski definition) is 0. The van der Waals surface area contributed by atoms with E-state index in [-0.39, 0.29) is 11.9 Å². The third kappa shape index (κ3) is 3.25. The fourth-order valence-electron chi connectivity index (χ4n) is 2.83. The molecule has 2 aromatic rings. The van der Waals surface area contributed by atoms with E-state index in [0.29, 0.717) is 23.0 Å². The Morgan fingerprint density at radius 2 is 2.18 bits per heavy atom. The van der Waals surface area contributed by atoms with E-state index in [4.69, 9.17) is 23.2 Å². The smallest absolute Gasteiger partial charge is 0.224 e. The van der Waals surface area contributed by atoms with Gasteiger partial charge in [0.15, 0.2) is 0 Å². The van der Waals surface area contributed by atoms with Crippen molar-refractivity contribution in [1.82, 2.24) is 19.7 Å². The topological polar surface area (TPSA) is 51.0 Å². The molecular weight excluding hydrogens is 323 g/mol. The fourth-order valence-corrected chi connectivity index (χ4v) is 3.14. The van der Waals surface area contributed by atoms with Crippen LogP contribution in [0.5, 0.6) is 0 Å². The first kappa shape index (κ1) is 15.3. The third-order valence-corrected chi connectivity index (χ3v) is 4.66. The Kier molecular flexibility index (Phi) is 4.64. The third-order valence-electron chi connectivity index (χ3n) is 3.92. The van der Waals surface area contributed by atoms with Crippen LogP contribution < -0.4 is 0 Å². The summed E-state index contributed by atoms with van der Waals surface area (Å²) >= 11 is 12.1. The maximum Gasteiger partial charge on any atom is 0.224 e. The Morgan fingerprint density at radius 3 is 2.91 bits per heavy atom. The summed E-state index contributed by atoms with van der Waals surface area (Å²) in [5.74, 6) is 0.129. The van der Waals surface area contributed by atoms with E-state index in [1.165, 1.54) is 6.33 Å². The van der Waals surface area contributed by atoms with Gasteiger partial charge in [-0.25, -0.2) is 4.98 Å². The number of aryl methyl sites for hydroxylation is 1. The molecule has 0 bridgehead atoms. The van der Waals surface area contributed by atoms with Gasteiger partial charge in [-0.3, -0.25) is 9.48 Å². The molecule has 116 valence electrons. The van der Waals surface area contributed by atoms with Crippen LogP contribution in [-0.4, -0.2) is 32.1 Å². The highest BCUT2D eigenvalue weighted by Gasteiger charge is 2.29. The lowest BCUT2D eigenvalue weighted by Gasteiger charge is -2.25. The molecule has 2 heterocycles. The van der Waals surface area contributed by atoms with Crippen molar-refractivity contribution < 1.29 is 4.79 Å². The zero-order chi connectivity index (χ0) is 15.5. The first-order chi connectivity index (χ1) is 10.6. The molecule has 1 aromatic heterocycles. The molecule has 1 aliphatic rings. The van der Waals surface area contributed by atoms with Crippen LogP contribution in [0.3, 0.4) is 0 Å². The van der Waals surface area contributed by atoms with E-state index < -0.39 is 0 Å². The number of halogens is 2. The largest absolute Gasteiger partial charge is 0.336 e. The van der Waals surface area contributed by atoms with E-state index in [9.17, 15) is 4.79 Å². The summed E-state index contributed by atoms with van der Waals surface area (Å²) in [4.78, 5) is 18.3.